The Bertz CT molecular complexity index is 506. The van der Waals surface area contributed by atoms with Crippen LogP contribution in [0.4, 0.5) is 0 Å². The monoisotopic (exact) mass is 258 g/mol. The molecular weight excluding hydrogens is 236 g/mol. The first-order valence-electron chi connectivity index (χ1n) is 6.90. The quantitative estimate of drug-likeness (QED) is 0.865. The number of aryl methyl sites for hydroxylation is 2. The predicted octanol–water partition coefficient (Wildman–Crippen LogP) is 3.04. The highest BCUT2D eigenvalue weighted by Gasteiger charge is 2.27. The molecule has 0 aliphatic heterocycles. The van der Waals surface area contributed by atoms with Crippen LogP contribution < -0.4 is 0 Å². The van der Waals surface area contributed by atoms with Gasteiger partial charge in [-0.2, -0.15) is 5.10 Å². The van der Waals surface area contributed by atoms with Crippen LogP contribution in [0.1, 0.15) is 37.4 Å². The zero-order chi connectivity index (χ0) is 13.7. The lowest BCUT2D eigenvalue weighted by Crippen LogP contribution is -2.26. The van der Waals surface area contributed by atoms with E-state index in [0.29, 0.717) is 0 Å². The van der Waals surface area contributed by atoms with Crippen molar-refractivity contribution in [2.45, 2.75) is 38.2 Å². The van der Waals surface area contributed by atoms with E-state index in [9.17, 15) is 5.11 Å². The Morgan fingerprint density at radius 1 is 1.16 bits per heavy atom. The summed E-state index contributed by atoms with van der Waals surface area (Å²) in [6.45, 7) is 2.11. The molecule has 0 bridgehead atoms. The van der Waals surface area contributed by atoms with Crippen LogP contribution in [-0.2, 0) is 19.1 Å². The van der Waals surface area contributed by atoms with Gasteiger partial charge in [0.2, 0.25) is 0 Å². The van der Waals surface area contributed by atoms with Gasteiger partial charge in [-0.05, 0) is 30.9 Å². The molecule has 2 aromatic rings. The summed E-state index contributed by atoms with van der Waals surface area (Å²) < 4.78 is 1.87. The Kier molecular flexibility index (Phi) is 4.38. The number of aliphatic hydroxyl groups is 1. The van der Waals surface area contributed by atoms with Crippen LogP contribution in [0, 0.1) is 0 Å². The third kappa shape index (κ3) is 3.24. The van der Waals surface area contributed by atoms with Crippen LogP contribution in [-0.4, -0.2) is 14.9 Å². The largest absolute Gasteiger partial charge is 0.385 e. The molecule has 1 unspecified atom stereocenters. The van der Waals surface area contributed by atoms with Gasteiger partial charge in [-0.3, -0.25) is 4.68 Å². The van der Waals surface area contributed by atoms with E-state index in [0.717, 1.165) is 36.9 Å². The molecule has 0 saturated carbocycles. The van der Waals surface area contributed by atoms with Gasteiger partial charge >= 0.3 is 0 Å². The highest BCUT2D eigenvalue weighted by atomic mass is 16.3. The lowest BCUT2D eigenvalue weighted by Gasteiger charge is -2.28. The van der Waals surface area contributed by atoms with Crippen molar-refractivity contribution in [3.8, 4) is 0 Å². The first-order chi connectivity index (χ1) is 9.15. The summed E-state index contributed by atoms with van der Waals surface area (Å²) in [6, 6.07) is 12.0. The molecule has 1 N–H and O–H groups in total. The second kappa shape index (κ2) is 6.02. The van der Waals surface area contributed by atoms with Crippen molar-refractivity contribution in [3.05, 3.63) is 53.9 Å². The maximum Gasteiger partial charge on any atom is 0.0900 e. The van der Waals surface area contributed by atoms with Crippen LogP contribution >= 0.6 is 0 Å². The Labute approximate surface area is 114 Å². The maximum atomic E-state index is 10.9. The van der Waals surface area contributed by atoms with E-state index in [-0.39, 0.29) is 0 Å². The molecule has 19 heavy (non-hydrogen) atoms. The summed E-state index contributed by atoms with van der Waals surface area (Å²) in [5.41, 5.74) is 1.43. The van der Waals surface area contributed by atoms with Gasteiger partial charge in [0.05, 0.1) is 5.60 Å². The molecule has 3 heteroatoms. The lowest BCUT2D eigenvalue weighted by molar-refractivity contribution is 0.0175. The van der Waals surface area contributed by atoms with Gasteiger partial charge < -0.3 is 5.11 Å². The van der Waals surface area contributed by atoms with Crippen LogP contribution in [0.2, 0.25) is 0 Å². The smallest absolute Gasteiger partial charge is 0.0900 e. The lowest BCUT2D eigenvalue weighted by atomic mass is 9.85. The van der Waals surface area contributed by atoms with E-state index in [2.05, 4.69) is 12.0 Å². The molecule has 0 radical (unpaired) electrons. The molecule has 0 aliphatic rings. The normalized spacial score (nSPS) is 14.3. The van der Waals surface area contributed by atoms with E-state index in [4.69, 9.17) is 0 Å². The van der Waals surface area contributed by atoms with E-state index in [1.54, 1.807) is 6.20 Å². The van der Waals surface area contributed by atoms with E-state index < -0.39 is 5.60 Å². The van der Waals surface area contributed by atoms with Gasteiger partial charge in [0.25, 0.3) is 0 Å². The number of benzene rings is 1. The minimum atomic E-state index is -0.736. The average Bonchev–Trinajstić information content (AvgIpc) is 2.83. The fraction of sp³-hybridized carbons (Fsp3) is 0.438. The second-order valence-corrected chi connectivity index (χ2v) is 5.09. The SMILES string of the molecule is CCCC(O)(CCc1ccnn1C)c1ccccc1. The molecule has 0 aliphatic carbocycles. The van der Waals surface area contributed by atoms with Gasteiger partial charge in [0.15, 0.2) is 0 Å². The Balaban J connectivity index is 2.14. The molecule has 0 spiro atoms. The molecular formula is C16H22N2O. The molecule has 0 amide bonds. The first kappa shape index (κ1) is 13.8. The van der Waals surface area contributed by atoms with Crippen molar-refractivity contribution in [2.24, 2.45) is 7.05 Å². The summed E-state index contributed by atoms with van der Waals surface area (Å²) in [7, 11) is 1.94. The number of aromatic nitrogens is 2. The topological polar surface area (TPSA) is 38.1 Å². The van der Waals surface area contributed by atoms with Crippen molar-refractivity contribution in [1.29, 1.82) is 0 Å². The van der Waals surface area contributed by atoms with Crippen molar-refractivity contribution >= 4 is 0 Å². The zero-order valence-electron chi connectivity index (χ0n) is 11.7. The molecule has 0 saturated heterocycles. The maximum absolute atomic E-state index is 10.9. The van der Waals surface area contributed by atoms with Gasteiger partial charge in [-0.1, -0.05) is 43.7 Å². The highest BCUT2D eigenvalue weighted by Crippen LogP contribution is 2.31. The fourth-order valence-electron chi connectivity index (χ4n) is 2.56. The van der Waals surface area contributed by atoms with Gasteiger partial charge in [0, 0.05) is 18.9 Å². The molecule has 1 aromatic heterocycles. The molecule has 0 fully saturated rings. The first-order valence-corrected chi connectivity index (χ1v) is 6.90. The second-order valence-electron chi connectivity index (χ2n) is 5.09. The van der Waals surface area contributed by atoms with Crippen LogP contribution in [0.15, 0.2) is 42.6 Å². The van der Waals surface area contributed by atoms with Crippen molar-refractivity contribution in [1.82, 2.24) is 9.78 Å². The van der Waals surface area contributed by atoms with Gasteiger partial charge in [0.1, 0.15) is 0 Å². The number of rotatable bonds is 6. The standard InChI is InChI=1S/C16H22N2O/c1-3-11-16(19,14-7-5-4-6-8-14)12-9-15-10-13-17-18(15)2/h4-8,10,13,19H,3,9,11-12H2,1-2H3. The highest BCUT2D eigenvalue weighted by molar-refractivity contribution is 5.22. The summed E-state index contributed by atoms with van der Waals surface area (Å²) in [6.07, 6.45) is 5.12. The Morgan fingerprint density at radius 3 is 2.47 bits per heavy atom. The van der Waals surface area contributed by atoms with Crippen molar-refractivity contribution < 1.29 is 5.11 Å². The number of nitrogens with zero attached hydrogens (tertiary/aromatic N) is 2. The third-order valence-electron chi connectivity index (χ3n) is 3.69. The molecule has 102 valence electrons. The Morgan fingerprint density at radius 2 is 1.89 bits per heavy atom. The molecule has 1 heterocycles. The van der Waals surface area contributed by atoms with E-state index >= 15 is 0 Å². The third-order valence-corrected chi connectivity index (χ3v) is 3.69. The van der Waals surface area contributed by atoms with Gasteiger partial charge in [-0.25, -0.2) is 0 Å². The number of hydrogen-bond donors (Lipinski definition) is 1. The van der Waals surface area contributed by atoms with Crippen molar-refractivity contribution in [3.63, 3.8) is 0 Å². The number of hydrogen-bond acceptors (Lipinski definition) is 2. The minimum Gasteiger partial charge on any atom is -0.385 e. The summed E-state index contributed by atoms with van der Waals surface area (Å²) >= 11 is 0. The zero-order valence-corrected chi connectivity index (χ0v) is 11.7. The Hall–Kier alpha value is -1.61. The van der Waals surface area contributed by atoms with Crippen LogP contribution in [0.25, 0.3) is 0 Å². The summed E-state index contributed by atoms with van der Waals surface area (Å²) in [5, 5.41) is 15.1. The molecule has 2 rings (SSSR count). The molecule has 1 aromatic carbocycles. The molecule has 1 atom stereocenters. The van der Waals surface area contributed by atoms with Crippen molar-refractivity contribution in [2.75, 3.05) is 0 Å². The molecule has 3 nitrogen and oxygen atoms in total. The average molecular weight is 258 g/mol. The van der Waals surface area contributed by atoms with Crippen LogP contribution in [0.3, 0.4) is 0 Å². The predicted molar refractivity (Wildman–Crippen MR) is 76.8 cm³/mol. The van der Waals surface area contributed by atoms with E-state index in [1.807, 2.05) is 48.1 Å². The van der Waals surface area contributed by atoms with Crippen LogP contribution in [0.5, 0.6) is 0 Å². The minimum absolute atomic E-state index is 0.727. The van der Waals surface area contributed by atoms with Gasteiger partial charge in [-0.15, -0.1) is 0 Å². The summed E-state index contributed by atoms with van der Waals surface area (Å²) in [5.74, 6) is 0. The van der Waals surface area contributed by atoms with E-state index in [1.165, 1.54) is 0 Å². The summed E-state index contributed by atoms with van der Waals surface area (Å²) in [4.78, 5) is 0. The fourth-order valence-corrected chi connectivity index (χ4v) is 2.56.